The summed E-state index contributed by atoms with van der Waals surface area (Å²) in [4.78, 5) is 11.5. The zero-order valence-electron chi connectivity index (χ0n) is 8.81. The first-order valence-electron chi connectivity index (χ1n) is 4.76. The van der Waals surface area contributed by atoms with Crippen molar-refractivity contribution in [3.8, 4) is 11.8 Å². The second-order valence-electron chi connectivity index (χ2n) is 3.52. The highest BCUT2D eigenvalue weighted by Gasteiger charge is 2.25. The van der Waals surface area contributed by atoms with Crippen molar-refractivity contribution in [2.75, 3.05) is 0 Å². The second-order valence-corrected chi connectivity index (χ2v) is 3.52. The summed E-state index contributed by atoms with van der Waals surface area (Å²) in [6.45, 7) is 5.61. The maximum absolute atomic E-state index is 11.5. The van der Waals surface area contributed by atoms with E-state index in [0.29, 0.717) is 12.8 Å². The molecular formula is C11H19NO. The van der Waals surface area contributed by atoms with Gasteiger partial charge in [-0.25, -0.2) is 0 Å². The molecule has 0 aromatic heterocycles. The third kappa shape index (κ3) is 4.69. The second kappa shape index (κ2) is 5.77. The maximum Gasteiger partial charge on any atom is 0.153 e. The lowest BCUT2D eigenvalue weighted by Gasteiger charge is -2.21. The Kier molecular flexibility index (Phi) is 5.41. The standard InChI is InChI=1S/C11H19NO/c1-4-6-7-8-10(13)11(3,12)9-5-2/h5,7-9,12H2,1-3H3. The van der Waals surface area contributed by atoms with E-state index in [4.69, 9.17) is 5.73 Å². The first-order valence-corrected chi connectivity index (χ1v) is 4.76. The Bertz CT molecular complexity index is 220. The molecule has 0 saturated heterocycles. The minimum Gasteiger partial charge on any atom is -0.319 e. The molecule has 0 aliphatic heterocycles. The highest BCUT2D eigenvalue weighted by molar-refractivity contribution is 5.87. The number of Topliss-reactive ketones (excluding diaryl/α,β-unsaturated/α-hetero) is 1. The molecule has 0 fully saturated rings. The molecule has 0 aromatic rings. The molecule has 1 atom stereocenters. The Hall–Kier alpha value is -0.810. The Balaban J connectivity index is 3.98. The topological polar surface area (TPSA) is 43.1 Å². The van der Waals surface area contributed by atoms with E-state index in [1.165, 1.54) is 0 Å². The lowest BCUT2D eigenvalue weighted by Crippen LogP contribution is -2.44. The molecule has 0 rings (SSSR count). The molecule has 0 aromatic carbocycles. The average Bonchev–Trinajstić information content (AvgIpc) is 2.04. The third-order valence-electron chi connectivity index (χ3n) is 2.06. The van der Waals surface area contributed by atoms with Crippen LogP contribution in [0.15, 0.2) is 0 Å². The van der Waals surface area contributed by atoms with Gasteiger partial charge in [-0.3, -0.25) is 4.79 Å². The van der Waals surface area contributed by atoms with Gasteiger partial charge >= 0.3 is 0 Å². The van der Waals surface area contributed by atoms with Crippen molar-refractivity contribution < 1.29 is 4.79 Å². The lowest BCUT2D eigenvalue weighted by molar-refractivity contribution is -0.123. The highest BCUT2D eigenvalue weighted by atomic mass is 16.1. The van der Waals surface area contributed by atoms with Crippen LogP contribution in [0.4, 0.5) is 0 Å². The van der Waals surface area contributed by atoms with E-state index < -0.39 is 5.54 Å². The van der Waals surface area contributed by atoms with E-state index in [9.17, 15) is 4.79 Å². The molecule has 0 saturated carbocycles. The summed E-state index contributed by atoms with van der Waals surface area (Å²) in [6, 6.07) is 0. The summed E-state index contributed by atoms with van der Waals surface area (Å²) in [5.41, 5.74) is 5.21. The van der Waals surface area contributed by atoms with Gasteiger partial charge in [0.15, 0.2) is 5.78 Å². The van der Waals surface area contributed by atoms with Crippen LogP contribution in [0.2, 0.25) is 0 Å². The summed E-state index contributed by atoms with van der Waals surface area (Å²) < 4.78 is 0. The van der Waals surface area contributed by atoms with Crippen LogP contribution < -0.4 is 5.73 Å². The summed E-state index contributed by atoms with van der Waals surface area (Å²) in [7, 11) is 0. The van der Waals surface area contributed by atoms with Crippen LogP contribution in [0.3, 0.4) is 0 Å². The van der Waals surface area contributed by atoms with E-state index in [2.05, 4.69) is 11.8 Å². The molecule has 0 radical (unpaired) electrons. The minimum absolute atomic E-state index is 0.122. The first kappa shape index (κ1) is 12.2. The van der Waals surface area contributed by atoms with Crippen molar-refractivity contribution in [1.82, 2.24) is 0 Å². The maximum atomic E-state index is 11.5. The third-order valence-corrected chi connectivity index (χ3v) is 2.06. The Labute approximate surface area is 80.9 Å². The molecule has 0 spiro atoms. The van der Waals surface area contributed by atoms with Crippen LogP contribution in [0.1, 0.15) is 46.5 Å². The molecule has 0 heterocycles. The lowest BCUT2D eigenvalue weighted by atomic mass is 9.90. The van der Waals surface area contributed by atoms with E-state index >= 15 is 0 Å². The van der Waals surface area contributed by atoms with Crippen molar-refractivity contribution in [2.45, 2.75) is 52.0 Å². The Morgan fingerprint density at radius 2 is 2.15 bits per heavy atom. The summed E-state index contributed by atoms with van der Waals surface area (Å²) in [5.74, 6) is 5.75. The van der Waals surface area contributed by atoms with Gasteiger partial charge in [0.1, 0.15) is 0 Å². The van der Waals surface area contributed by atoms with Crippen LogP contribution in [-0.4, -0.2) is 11.3 Å². The van der Waals surface area contributed by atoms with Crippen LogP contribution in [0.5, 0.6) is 0 Å². The zero-order chi connectivity index (χ0) is 10.3. The predicted molar refractivity (Wildman–Crippen MR) is 55.2 cm³/mol. The minimum atomic E-state index is -0.649. The SMILES string of the molecule is CC#CCCC(=O)C(C)(N)CCC. The highest BCUT2D eigenvalue weighted by Crippen LogP contribution is 2.12. The number of hydrogen-bond acceptors (Lipinski definition) is 2. The van der Waals surface area contributed by atoms with E-state index in [1.807, 2.05) is 6.92 Å². The molecule has 2 N–H and O–H groups in total. The zero-order valence-corrected chi connectivity index (χ0v) is 8.81. The van der Waals surface area contributed by atoms with E-state index in [0.717, 1.165) is 12.8 Å². The fraction of sp³-hybridized carbons (Fsp3) is 0.727. The number of carbonyl (C=O) groups is 1. The Morgan fingerprint density at radius 1 is 1.54 bits per heavy atom. The molecule has 1 unspecified atom stereocenters. The van der Waals surface area contributed by atoms with Crippen LogP contribution in [0.25, 0.3) is 0 Å². The molecular weight excluding hydrogens is 162 g/mol. The van der Waals surface area contributed by atoms with Gasteiger partial charge in [0, 0.05) is 12.8 Å². The number of rotatable bonds is 5. The van der Waals surface area contributed by atoms with Gasteiger partial charge in [-0.15, -0.1) is 11.8 Å². The fourth-order valence-electron chi connectivity index (χ4n) is 1.25. The van der Waals surface area contributed by atoms with Crippen molar-refractivity contribution in [2.24, 2.45) is 5.73 Å². The average molecular weight is 181 g/mol. The van der Waals surface area contributed by atoms with E-state index in [-0.39, 0.29) is 5.78 Å². The number of hydrogen-bond donors (Lipinski definition) is 1. The quantitative estimate of drug-likeness (QED) is 0.658. The Morgan fingerprint density at radius 3 is 2.62 bits per heavy atom. The van der Waals surface area contributed by atoms with Crippen LogP contribution >= 0.6 is 0 Å². The fourth-order valence-corrected chi connectivity index (χ4v) is 1.25. The van der Waals surface area contributed by atoms with Gasteiger partial charge in [0.05, 0.1) is 5.54 Å². The van der Waals surface area contributed by atoms with Gasteiger partial charge in [0.2, 0.25) is 0 Å². The van der Waals surface area contributed by atoms with Crippen molar-refractivity contribution in [3.05, 3.63) is 0 Å². The number of nitrogens with two attached hydrogens (primary N) is 1. The summed E-state index contributed by atoms with van der Waals surface area (Å²) >= 11 is 0. The van der Waals surface area contributed by atoms with E-state index in [1.54, 1.807) is 13.8 Å². The molecule has 0 bridgehead atoms. The predicted octanol–water partition coefficient (Wildman–Crippen LogP) is 1.88. The molecule has 74 valence electrons. The number of ketones is 1. The molecule has 13 heavy (non-hydrogen) atoms. The smallest absolute Gasteiger partial charge is 0.153 e. The van der Waals surface area contributed by atoms with Gasteiger partial charge < -0.3 is 5.73 Å². The van der Waals surface area contributed by atoms with Gasteiger partial charge in [0.25, 0.3) is 0 Å². The monoisotopic (exact) mass is 181 g/mol. The van der Waals surface area contributed by atoms with Gasteiger partial charge in [-0.05, 0) is 20.3 Å². The largest absolute Gasteiger partial charge is 0.319 e. The van der Waals surface area contributed by atoms with Gasteiger partial charge in [-0.2, -0.15) is 0 Å². The summed E-state index contributed by atoms with van der Waals surface area (Å²) in [5, 5.41) is 0. The molecule has 0 aliphatic carbocycles. The van der Waals surface area contributed by atoms with Crippen molar-refractivity contribution in [1.29, 1.82) is 0 Å². The van der Waals surface area contributed by atoms with Crippen LogP contribution in [0, 0.1) is 11.8 Å². The normalized spacial score (nSPS) is 14.2. The molecule has 0 aliphatic rings. The van der Waals surface area contributed by atoms with Crippen molar-refractivity contribution >= 4 is 5.78 Å². The summed E-state index contributed by atoms with van der Waals surface area (Å²) in [6.07, 6.45) is 2.81. The first-order chi connectivity index (χ1) is 6.04. The number of carbonyl (C=O) groups excluding carboxylic acids is 1. The molecule has 0 amide bonds. The van der Waals surface area contributed by atoms with Crippen LogP contribution in [-0.2, 0) is 4.79 Å². The molecule has 2 heteroatoms. The van der Waals surface area contributed by atoms with Crippen molar-refractivity contribution in [3.63, 3.8) is 0 Å². The molecule has 2 nitrogen and oxygen atoms in total. The van der Waals surface area contributed by atoms with Gasteiger partial charge in [-0.1, -0.05) is 13.3 Å².